The molecule has 3 N–H and O–H groups in total. The first-order chi connectivity index (χ1) is 7.58. The lowest BCUT2D eigenvalue weighted by atomic mass is 10.1. The van der Waals surface area contributed by atoms with Gasteiger partial charge in [0.05, 0.1) is 24.8 Å². The van der Waals surface area contributed by atoms with E-state index in [4.69, 9.17) is 5.11 Å². The molecule has 0 aliphatic heterocycles. The summed E-state index contributed by atoms with van der Waals surface area (Å²) >= 11 is 0. The van der Waals surface area contributed by atoms with Gasteiger partial charge in [-0.1, -0.05) is 0 Å². The molecule has 0 aromatic carbocycles. The summed E-state index contributed by atoms with van der Waals surface area (Å²) in [7, 11) is 0. The summed E-state index contributed by atoms with van der Waals surface area (Å²) < 4.78 is 0. The number of aromatic nitrogens is 2. The molecule has 1 aromatic rings. The Hall–Kier alpha value is -1.60. The summed E-state index contributed by atoms with van der Waals surface area (Å²) in [6.45, 7) is 1.52. The number of hydrogen-bond donors (Lipinski definition) is 3. The van der Waals surface area contributed by atoms with E-state index in [1.54, 1.807) is 0 Å². The number of aliphatic hydroxyl groups excluding tert-OH is 2. The van der Waals surface area contributed by atoms with E-state index >= 15 is 0 Å². The average Bonchev–Trinajstić information content (AvgIpc) is 2.65. The van der Waals surface area contributed by atoms with E-state index in [1.165, 1.54) is 19.2 Å². The molecule has 1 heterocycles. The summed E-state index contributed by atoms with van der Waals surface area (Å²) in [5, 5.41) is 24.3. The highest BCUT2D eigenvalue weighted by molar-refractivity contribution is 5.69. The van der Waals surface area contributed by atoms with Crippen LogP contribution in [0.3, 0.4) is 0 Å². The first-order valence-corrected chi connectivity index (χ1v) is 4.80. The summed E-state index contributed by atoms with van der Waals surface area (Å²) in [5.41, 5.74) is 0. The van der Waals surface area contributed by atoms with Gasteiger partial charge < -0.3 is 10.2 Å². The zero-order chi connectivity index (χ0) is 12.0. The Kier molecular flexibility index (Phi) is 4.74. The first-order valence-electron chi connectivity index (χ1n) is 4.80. The van der Waals surface area contributed by atoms with Crippen molar-refractivity contribution in [3.05, 3.63) is 12.3 Å². The van der Waals surface area contributed by atoms with Crippen LogP contribution in [0.25, 0.3) is 0 Å². The van der Waals surface area contributed by atoms with Gasteiger partial charge in [-0.25, -0.2) is 14.8 Å². The molecule has 0 aliphatic carbocycles. The third-order valence-corrected chi connectivity index (χ3v) is 1.72. The van der Waals surface area contributed by atoms with E-state index in [9.17, 15) is 9.90 Å². The number of rotatable bonds is 6. The van der Waals surface area contributed by atoms with Gasteiger partial charge in [-0.15, -0.1) is 0 Å². The normalized spacial score (nSPS) is 14.2. The fourth-order valence-corrected chi connectivity index (χ4v) is 1.08. The molecule has 0 saturated heterocycles. The maximum atomic E-state index is 11.1. The van der Waals surface area contributed by atoms with Crippen molar-refractivity contribution in [3.63, 3.8) is 0 Å². The Morgan fingerprint density at radius 3 is 2.94 bits per heavy atom. The topological polar surface area (TPSA) is 105 Å². The maximum Gasteiger partial charge on any atom is 0.358 e. The van der Waals surface area contributed by atoms with Gasteiger partial charge in [0, 0.05) is 6.07 Å². The fourth-order valence-electron chi connectivity index (χ4n) is 1.08. The van der Waals surface area contributed by atoms with E-state index in [2.05, 4.69) is 20.0 Å². The third kappa shape index (κ3) is 4.76. The lowest BCUT2D eigenvalue weighted by Gasteiger charge is -2.10. The van der Waals surface area contributed by atoms with Gasteiger partial charge in [-0.3, -0.25) is 4.89 Å². The molecule has 7 heteroatoms. The van der Waals surface area contributed by atoms with Crippen molar-refractivity contribution in [2.45, 2.75) is 32.0 Å². The van der Waals surface area contributed by atoms with Crippen LogP contribution in [0.2, 0.25) is 0 Å². The van der Waals surface area contributed by atoms with Crippen molar-refractivity contribution < 1.29 is 24.8 Å². The highest BCUT2D eigenvalue weighted by Gasteiger charge is 2.15. The molecule has 0 amide bonds. The van der Waals surface area contributed by atoms with Crippen molar-refractivity contribution >= 4 is 5.97 Å². The number of carbonyl (C=O) groups excluding carboxylic acids is 1. The zero-order valence-corrected chi connectivity index (χ0v) is 8.79. The van der Waals surface area contributed by atoms with Crippen molar-refractivity contribution in [1.82, 2.24) is 10.2 Å². The minimum Gasteiger partial charge on any atom is -0.393 e. The number of carbonyl (C=O) groups is 1. The van der Waals surface area contributed by atoms with E-state index in [-0.39, 0.29) is 18.7 Å². The fraction of sp³-hybridized carbons (Fsp3) is 0.556. The molecule has 1 rings (SSSR count). The second-order valence-corrected chi connectivity index (χ2v) is 3.40. The summed E-state index contributed by atoms with van der Waals surface area (Å²) in [6.07, 6.45) is -0.307. The van der Waals surface area contributed by atoms with Gasteiger partial charge in [-0.05, 0) is 13.3 Å². The Morgan fingerprint density at radius 2 is 2.38 bits per heavy atom. The Morgan fingerprint density at radius 1 is 1.62 bits per heavy atom. The van der Waals surface area contributed by atoms with Crippen LogP contribution in [-0.4, -0.2) is 38.6 Å². The highest BCUT2D eigenvalue weighted by atomic mass is 17.2. The minimum absolute atomic E-state index is 0.110. The molecular weight excluding hydrogens is 216 g/mol. The molecule has 0 bridgehead atoms. The summed E-state index contributed by atoms with van der Waals surface area (Å²) in [6, 6.07) is 1.47. The van der Waals surface area contributed by atoms with Crippen LogP contribution in [0.15, 0.2) is 12.3 Å². The standard InChI is InChI=1S/C9H14N2O5/c1-6(12)4-7(13)5-9(14)16-15-8-2-3-10-11-8/h2-3,6-7,12-13H,4-5H2,1H3,(H,10,11). The minimum atomic E-state index is -0.946. The van der Waals surface area contributed by atoms with Gasteiger partial charge in [0.15, 0.2) is 0 Å². The van der Waals surface area contributed by atoms with E-state index < -0.39 is 18.2 Å². The lowest BCUT2D eigenvalue weighted by molar-refractivity contribution is -0.217. The van der Waals surface area contributed by atoms with Crippen LogP contribution in [0.5, 0.6) is 5.88 Å². The molecule has 90 valence electrons. The van der Waals surface area contributed by atoms with Gasteiger partial charge in [0.25, 0.3) is 5.88 Å². The molecule has 2 atom stereocenters. The van der Waals surface area contributed by atoms with Crippen molar-refractivity contribution in [3.8, 4) is 5.88 Å². The van der Waals surface area contributed by atoms with Gasteiger partial charge in [0.2, 0.25) is 0 Å². The van der Waals surface area contributed by atoms with Crippen molar-refractivity contribution in [2.75, 3.05) is 0 Å². The highest BCUT2D eigenvalue weighted by Crippen LogP contribution is 2.06. The third-order valence-electron chi connectivity index (χ3n) is 1.72. The predicted molar refractivity (Wildman–Crippen MR) is 52.2 cm³/mol. The average molecular weight is 230 g/mol. The summed E-state index contributed by atoms with van der Waals surface area (Å²) in [4.78, 5) is 20.1. The lowest BCUT2D eigenvalue weighted by Crippen LogP contribution is -2.21. The smallest absolute Gasteiger partial charge is 0.358 e. The van der Waals surface area contributed by atoms with E-state index in [0.29, 0.717) is 0 Å². The monoisotopic (exact) mass is 230 g/mol. The molecule has 0 aliphatic rings. The molecule has 16 heavy (non-hydrogen) atoms. The molecular formula is C9H14N2O5. The molecule has 2 unspecified atom stereocenters. The van der Waals surface area contributed by atoms with Crippen LogP contribution in [-0.2, 0) is 9.68 Å². The van der Waals surface area contributed by atoms with Gasteiger partial charge in [0.1, 0.15) is 0 Å². The Bertz CT molecular complexity index is 312. The maximum absolute atomic E-state index is 11.1. The Labute approximate surface area is 91.9 Å². The SMILES string of the molecule is CC(O)CC(O)CC(=O)OOc1ccn[nH]1. The predicted octanol–water partition coefficient (Wildman–Crippen LogP) is -0.231. The molecule has 0 saturated carbocycles. The number of hydrogen-bond acceptors (Lipinski definition) is 6. The summed E-state index contributed by atoms with van der Waals surface area (Å²) in [5.74, 6) is -0.527. The second kappa shape index (κ2) is 6.09. The quantitative estimate of drug-likeness (QED) is 0.460. The van der Waals surface area contributed by atoms with Crippen LogP contribution >= 0.6 is 0 Å². The molecule has 0 fully saturated rings. The molecule has 0 radical (unpaired) electrons. The van der Waals surface area contributed by atoms with Crippen LogP contribution in [0.1, 0.15) is 19.8 Å². The van der Waals surface area contributed by atoms with E-state index in [0.717, 1.165) is 0 Å². The first kappa shape index (κ1) is 12.5. The number of nitrogens with one attached hydrogen (secondary N) is 1. The van der Waals surface area contributed by atoms with Crippen molar-refractivity contribution in [1.29, 1.82) is 0 Å². The zero-order valence-electron chi connectivity index (χ0n) is 8.79. The van der Waals surface area contributed by atoms with Gasteiger partial charge >= 0.3 is 5.97 Å². The second-order valence-electron chi connectivity index (χ2n) is 3.40. The van der Waals surface area contributed by atoms with E-state index in [1.807, 2.05) is 0 Å². The molecule has 0 spiro atoms. The Balaban J connectivity index is 2.20. The number of nitrogens with zero attached hydrogens (tertiary/aromatic N) is 1. The number of aliphatic hydroxyl groups is 2. The van der Waals surface area contributed by atoms with Gasteiger partial charge in [-0.2, -0.15) is 5.10 Å². The molecule has 1 aromatic heterocycles. The molecule has 7 nitrogen and oxygen atoms in total. The van der Waals surface area contributed by atoms with Crippen molar-refractivity contribution in [2.24, 2.45) is 0 Å². The van der Waals surface area contributed by atoms with Crippen LogP contribution < -0.4 is 4.89 Å². The number of aromatic amines is 1. The number of H-pyrrole nitrogens is 1. The van der Waals surface area contributed by atoms with Crippen LogP contribution in [0, 0.1) is 0 Å². The van der Waals surface area contributed by atoms with Crippen LogP contribution in [0.4, 0.5) is 0 Å². The largest absolute Gasteiger partial charge is 0.393 e.